The van der Waals surface area contributed by atoms with E-state index >= 15 is 0 Å². The number of piperidine rings is 1. The van der Waals surface area contributed by atoms with E-state index < -0.39 is 10.2 Å². The van der Waals surface area contributed by atoms with Crippen molar-refractivity contribution >= 4 is 10.2 Å². The van der Waals surface area contributed by atoms with E-state index in [0.29, 0.717) is 18.3 Å². The number of rotatable bonds is 6. The van der Waals surface area contributed by atoms with E-state index in [1.165, 1.54) is 0 Å². The highest BCUT2D eigenvalue weighted by molar-refractivity contribution is 7.87. The Bertz CT molecular complexity index is 586. The predicted molar refractivity (Wildman–Crippen MR) is 82.2 cm³/mol. The van der Waals surface area contributed by atoms with Crippen LogP contribution in [0.25, 0.3) is 0 Å². The molecule has 1 aromatic rings. The van der Waals surface area contributed by atoms with Crippen LogP contribution in [0.3, 0.4) is 0 Å². The van der Waals surface area contributed by atoms with Gasteiger partial charge in [-0.3, -0.25) is 4.90 Å². The molecular weight excluding hydrogens is 306 g/mol. The summed E-state index contributed by atoms with van der Waals surface area (Å²) in [6, 6.07) is 0.0253. The minimum Gasteiger partial charge on any atom is -0.338 e. The van der Waals surface area contributed by atoms with Gasteiger partial charge in [-0.15, -0.1) is 0 Å². The molecule has 0 unspecified atom stereocenters. The van der Waals surface area contributed by atoms with Crippen LogP contribution in [0.1, 0.15) is 57.3 Å². The molecule has 1 fully saturated rings. The summed E-state index contributed by atoms with van der Waals surface area (Å²) in [6.07, 6.45) is 1.99. The summed E-state index contributed by atoms with van der Waals surface area (Å²) in [5.41, 5.74) is 0. The average Bonchev–Trinajstić information content (AvgIpc) is 2.94. The van der Waals surface area contributed by atoms with E-state index in [0.717, 1.165) is 25.9 Å². The maximum Gasteiger partial charge on any atom is 0.274 e. The minimum absolute atomic E-state index is 0.0253. The minimum atomic E-state index is -3.63. The summed E-state index contributed by atoms with van der Waals surface area (Å²) in [5.74, 6) is 1.80. The second kappa shape index (κ2) is 7.03. The highest BCUT2D eigenvalue weighted by Crippen LogP contribution is 2.26. The standard InChI is InChI=1S/C13H25N5O3S/c1-9(2)12-16-13(21-17-12)10(3)18-6-4-5-11(8-18)7-15-22(14,19)20/h9-11,15H,4-8H2,1-3H3,(H2,14,19,20)/t10-,11-/m1/s1. The van der Waals surface area contributed by atoms with E-state index in [4.69, 9.17) is 9.66 Å². The predicted octanol–water partition coefficient (Wildman–Crippen LogP) is 0.759. The van der Waals surface area contributed by atoms with Crippen LogP contribution in [0, 0.1) is 5.92 Å². The zero-order valence-corrected chi connectivity index (χ0v) is 14.1. The van der Waals surface area contributed by atoms with Crippen molar-refractivity contribution in [3.8, 4) is 0 Å². The molecule has 1 saturated heterocycles. The van der Waals surface area contributed by atoms with Gasteiger partial charge in [0.25, 0.3) is 10.2 Å². The lowest BCUT2D eigenvalue weighted by atomic mass is 9.97. The number of hydrogen-bond donors (Lipinski definition) is 2. The lowest BCUT2D eigenvalue weighted by Gasteiger charge is -2.35. The molecule has 0 bridgehead atoms. The van der Waals surface area contributed by atoms with Gasteiger partial charge < -0.3 is 4.52 Å². The van der Waals surface area contributed by atoms with E-state index in [2.05, 4.69) is 19.8 Å². The highest BCUT2D eigenvalue weighted by Gasteiger charge is 2.28. The molecule has 2 atom stereocenters. The molecule has 0 aliphatic carbocycles. The Kier molecular flexibility index (Phi) is 5.54. The molecule has 1 aromatic heterocycles. The first kappa shape index (κ1) is 17.3. The Morgan fingerprint density at radius 3 is 2.77 bits per heavy atom. The third kappa shape index (κ3) is 4.73. The summed E-state index contributed by atoms with van der Waals surface area (Å²) < 4.78 is 29.7. The van der Waals surface area contributed by atoms with Gasteiger partial charge in [0.2, 0.25) is 5.89 Å². The Hall–Kier alpha value is -1.03. The van der Waals surface area contributed by atoms with Crippen molar-refractivity contribution in [2.45, 2.75) is 45.6 Å². The van der Waals surface area contributed by atoms with Crippen LogP contribution >= 0.6 is 0 Å². The van der Waals surface area contributed by atoms with Gasteiger partial charge >= 0.3 is 0 Å². The molecule has 1 aliphatic rings. The van der Waals surface area contributed by atoms with Crippen LogP contribution in [-0.2, 0) is 10.2 Å². The molecule has 8 nitrogen and oxygen atoms in total. The van der Waals surface area contributed by atoms with Gasteiger partial charge in [0.1, 0.15) is 0 Å². The van der Waals surface area contributed by atoms with E-state index in [1.54, 1.807) is 0 Å². The molecule has 126 valence electrons. The summed E-state index contributed by atoms with van der Waals surface area (Å²) in [7, 11) is -3.63. The average molecular weight is 331 g/mol. The molecule has 2 heterocycles. The third-order valence-electron chi connectivity index (χ3n) is 4.00. The van der Waals surface area contributed by atoms with Crippen LogP contribution < -0.4 is 9.86 Å². The summed E-state index contributed by atoms with van der Waals surface area (Å²) in [6.45, 7) is 8.16. The highest BCUT2D eigenvalue weighted by atomic mass is 32.2. The molecule has 0 aromatic carbocycles. The summed E-state index contributed by atoms with van der Waals surface area (Å²) >= 11 is 0. The molecule has 1 aliphatic heterocycles. The van der Waals surface area contributed by atoms with Crippen molar-refractivity contribution < 1.29 is 12.9 Å². The molecule has 9 heteroatoms. The van der Waals surface area contributed by atoms with Crippen molar-refractivity contribution in [1.82, 2.24) is 19.8 Å². The van der Waals surface area contributed by atoms with Gasteiger partial charge in [0.15, 0.2) is 5.82 Å². The second-order valence-electron chi connectivity index (χ2n) is 6.22. The number of nitrogens with two attached hydrogens (primary N) is 1. The first-order valence-electron chi connectivity index (χ1n) is 7.61. The number of likely N-dealkylation sites (tertiary alicyclic amines) is 1. The molecular formula is C13H25N5O3S. The van der Waals surface area contributed by atoms with Crippen molar-refractivity contribution in [2.75, 3.05) is 19.6 Å². The monoisotopic (exact) mass is 331 g/mol. The topological polar surface area (TPSA) is 114 Å². The summed E-state index contributed by atoms with van der Waals surface area (Å²) in [5, 5.41) is 8.98. The Morgan fingerprint density at radius 1 is 1.45 bits per heavy atom. The zero-order valence-electron chi connectivity index (χ0n) is 13.3. The molecule has 3 N–H and O–H groups in total. The third-order valence-corrected chi connectivity index (χ3v) is 4.57. The van der Waals surface area contributed by atoms with E-state index in [1.807, 2.05) is 20.8 Å². The van der Waals surface area contributed by atoms with Crippen molar-refractivity contribution in [1.29, 1.82) is 0 Å². The first-order chi connectivity index (χ1) is 10.3. The van der Waals surface area contributed by atoms with Crippen LogP contribution in [0.4, 0.5) is 0 Å². The smallest absolute Gasteiger partial charge is 0.274 e. The number of hydrogen-bond acceptors (Lipinski definition) is 6. The van der Waals surface area contributed by atoms with Gasteiger partial charge in [-0.1, -0.05) is 19.0 Å². The van der Waals surface area contributed by atoms with E-state index in [9.17, 15) is 8.42 Å². The largest absolute Gasteiger partial charge is 0.338 e. The van der Waals surface area contributed by atoms with Crippen LogP contribution in [0.15, 0.2) is 4.52 Å². The van der Waals surface area contributed by atoms with Crippen molar-refractivity contribution in [3.05, 3.63) is 11.7 Å². The normalized spacial score (nSPS) is 22.1. The van der Waals surface area contributed by atoms with Gasteiger partial charge in [0, 0.05) is 19.0 Å². The zero-order chi connectivity index (χ0) is 16.3. The maximum atomic E-state index is 11.0. The Labute approximate surface area is 131 Å². The fourth-order valence-corrected chi connectivity index (χ4v) is 3.13. The molecule has 22 heavy (non-hydrogen) atoms. The van der Waals surface area contributed by atoms with Gasteiger partial charge in [-0.2, -0.15) is 13.4 Å². The molecule has 0 radical (unpaired) electrons. The van der Waals surface area contributed by atoms with Crippen molar-refractivity contribution in [3.63, 3.8) is 0 Å². The van der Waals surface area contributed by atoms with Gasteiger partial charge in [0.05, 0.1) is 6.04 Å². The molecule has 0 amide bonds. The lowest BCUT2D eigenvalue weighted by molar-refractivity contribution is 0.112. The second-order valence-corrected chi connectivity index (χ2v) is 7.60. The number of nitrogens with one attached hydrogen (secondary N) is 1. The Morgan fingerprint density at radius 2 is 2.18 bits per heavy atom. The maximum absolute atomic E-state index is 11.0. The molecule has 0 saturated carbocycles. The van der Waals surface area contributed by atoms with E-state index in [-0.39, 0.29) is 17.9 Å². The van der Waals surface area contributed by atoms with Crippen LogP contribution in [-0.4, -0.2) is 43.1 Å². The fourth-order valence-electron chi connectivity index (χ4n) is 2.66. The summed E-state index contributed by atoms with van der Waals surface area (Å²) in [4.78, 5) is 6.69. The lowest BCUT2D eigenvalue weighted by Crippen LogP contribution is -2.43. The van der Waals surface area contributed by atoms with Crippen LogP contribution in [0.2, 0.25) is 0 Å². The molecule has 0 spiro atoms. The first-order valence-corrected chi connectivity index (χ1v) is 9.16. The SMILES string of the molecule is CC(C)c1noc([C@@H](C)N2CCC[C@H](CNS(N)(=O)=O)C2)n1. The molecule has 2 rings (SSSR count). The number of nitrogens with zero attached hydrogens (tertiary/aromatic N) is 3. The quantitative estimate of drug-likeness (QED) is 0.795. The van der Waals surface area contributed by atoms with Gasteiger partial charge in [-0.25, -0.2) is 9.86 Å². The van der Waals surface area contributed by atoms with Crippen molar-refractivity contribution in [2.24, 2.45) is 11.1 Å². The van der Waals surface area contributed by atoms with Crippen LogP contribution in [0.5, 0.6) is 0 Å². The number of aromatic nitrogens is 2. The fraction of sp³-hybridized carbons (Fsp3) is 0.846. The Balaban J connectivity index is 1.95. The van der Waals surface area contributed by atoms with Gasteiger partial charge in [-0.05, 0) is 32.2 Å².